The Morgan fingerprint density at radius 1 is 1.12 bits per heavy atom. The summed E-state index contributed by atoms with van der Waals surface area (Å²) in [5, 5.41) is 8.86. The molecule has 3 nitrogen and oxygen atoms in total. The monoisotopic (exact) mass is 226 g/mol. The minimum absolute atomic E-state index is 0.380. The van der Waals surface area contributed by atoms with Gasteiger partial charge in [0.15, 0.2) is 0 Å². The lowest BCUT2D eigenvalue weighted by atomic mass is 10.0. The molecule has 94 valence electrons. The topological polar surface area (TPSA) is 36.3 Å². The normalized spacial score (nSPS) is 13.1. The molecule has 0 amide bonds. The van der Waals surface area contributed by atoms with Crippen LogP contribution >= 0.6 is 0 Å². The van der Waals surface area contributed by atoms with E-state index < -0.39 is 0 Å². The molecule has 0 aromatic heterocycles. The Morgan fingerprint density at radius 2 is 1.69 bits per heavy atom. The van der Waals surface area contributed by atoms with Crippen LogP contribution in [0.15, 0.2) is 0 Å². The van der Waals surface area contributed by atoms with Gasteiger partial charge in [-0.25, -0.2) is 0 Å². The summed E-state index contributed by atoms with van der Waals surface area (Å²) in [5.74, 6) is 0. The summed E-state index contributed by atoms with van der Waals surface area (Å²) in [4.78, 5) is 2.45. The van der Waals surface area contributed by atoms with Gasteiger partial charge in [-0.05, 0) is 19.3 Å². The van der Waals surface area contributed by atoms with E-state index in [9.17, 15) is 0 Å². The molecule has 0 N–H and O–H groups in total. The van der Waals surface area contributed by atoms with E-state index in [1.807, 2.05) is 0 Å². The number of nitriles is 1. The summed E-state index contributed by atoms with van der Waals surface area (Å²) in [5.41, 5.74) is 0. The molecule has 16 heavy (non-hydrogen) atoms. The third-order valence-corrected chi connectivity index (χ3v) is 3.23. The predicted molar refractivity (Wildman–Crippen MR) is 67.3 cm³/mol. The van der Waals surface area contributed by atoms with Crippen LogP contribution in [-0.4, -0.2) is 37.2 Å². The van der Waals surface area contributed by atoms with Crippen LogP contribution in [0.25, 0.3) is 0 Å². The first-order chi connectivity index (χ1) is 7.74. The van der Waals surface area contributed by atoms with Crippen molar-refractivity contribution < 1.29 is 4.74 Å². The standard InChI is InChI=1S/C13H26N2O/c1-5-12(6-2)15(10-11-16-4)13(7-3)8-9-14/h12-13H,5-8,10-11H2,1-4H3. The highest BCUT2D eigenvalue weighted by Crippen LogP contribution is 2.16. The minimum Gasteiger partial charge on any atom is -0.383 e. The smallest absolute Gasteiger partial charge is 0.0638 e. The predicted octanol–water partition coefficient (Wildman–Crippen LogP) is 2.82. The van der Waals surface area contributed by atoms with Crippen molar-refractivity contribution in [3.05, 3.63) is 0 Å². The molecule has 0 saturated heterocycles. The molecule has 3 heteroatoms. The van der Waals surface area contributed by atoms with Crippen molar-refractivity contribution in [2.24, 2.45) is 0 Å². The van der Waals surface area contributed by atoms with Crippen LogP contribution in [0.1, 0.15) is 46.5 Å². The molecular formula is C13H26N2O. The molecule has 0 radical (unpaired) electrons. The average molecular weight is 226 g/mol. The lowest BCUT2D eigenvalue weighted by Gasteiger charge is -2.36. The fourth-order valence-electron chi connectivity index (χ4n) is 2.22. The Morgan fingerprint density at radius 3 is 2.06 bits per heavy atom. The molecule has 0 rings (SSSR count). The van der Waals surface area contributed by atoms with Gasteiger partial charge in [0.2, 0.25) is 0 Å². The molecule has 0 aromatic rings. The Bertz CT molecular complexity index is 197. The van der Waals surface area contributed by atoms with Gasteiger partial charge in [-0.2, -0.15) is 5.26 Å². The Labute approximate surface area is 100 Å². The largest absolute Gasteiger partial charge is 0.383 e. The van der Waals surface area contributed by atoms with E-state index in [0.29, 0.717) is 18.5 Å². The quantitative estimate of drug-likeness (QED) is 0.606. The second-order valence-electron chi connectivity index (χ2n) is 4.13. The zero-order valence-electron chi connectivity index (χ0n) is 11.2. The van der Waals surface area contributed by atoms with E-state index in [-0.39, 0.29) is 0 Å². The molecule has 1 atom stereocenters. The zero-order chi connectivity index (χ0) is 12.4. The van der Waals surface area contributed by atoms with Crippen LogP contribution in [0.3, 0.4) is 0 Å². The Kier molecular flexibility index (Phi) is 9.27. The van der Waals surface area contributed by atoms with Gasteiger partial charge in [0.1, 0.15) is 0 Å². The lowest BCUT2D eigenvalue weighted by molar-refractivity contribution is 0.0789. The summed E-state index contributed by atoms with van der Waals surface area (Å²) in [6.45, 7) is 8.27. The van der Waals surface area contributed by atoms with E-state index in [4.69, 9.17) is 10.00 Å². The van der Waals surface area contributed by atoms with Gasteiger partial charge in [-0.3, -0.25) is 4.90 Å². The maximum absolute atomic E-state index is 8.86. The summed E-state index contributed by atoms with van der Waals surface area (Å²) in [7, 11) is 1.73. The van der Waals surface area contributed by atoms with Crippen molar-refractivity contribution in [2.45, 2.75) is 58.5 Å². The highest BCUT2D eigenvalue weighted by molar-refractivity contribution is 4.85. The SMILES string of the molecule is CCC(CC)N(CCOC)C(CC)CC#N. The molecule has 0 bridgehead atoms. The highest BCUT2D eigenvalue weighted by atomic mass is 16.5. The van der Waals surface area contributed by atoms with Gasteiger partial charge >= 0.3 is 0 Å². The van der Waals surface area contributed by atoms with E-state index in [1.54, 1.807) is 7.11 Å². The molecule has 0 aliphatic carbocycles. The fraction of sp³-hybridized carbons (Fsp3) is 0.923. The van der Waals surface area contributed by atoms with Crippen molar-refractivity contribution in [3.8, 4) is 6.07 Å². The maximum Gasteiger partial charge on any atom is 0.0638 e. The molecule has 0 aromatic carbocycles. The molecule has 0 aliphatic rings. The van der Waals surface area contributed by atoms with Gasteiger partial charge in [0, 0.05) is 25.7 Å². The molecule has 0 fully saturated rings. The number of methoxy groups -OCH3 is 1. The van der Waals surface area contributed by atoms with Crippen molar-refractivity contribution in [1.29, 1.82) is 5.26 Å². The molecular weight excluding hydrogens is 200 g/mol. The Balaban J connectivity index is 4.53. The van der Waals surface area contributed by atoms with Crippen LogP contribution < -0.4 is 0 Å². The molecule has 0 spiro atoms. The first-order valence-electron chi connectivity index (χ1n) is 6.36. The number of hydrogen-bond donors (Lipinski definition) is 0. The van der Waals surface area contributed by atoms with Crippen LogP contribution in [0.5, 0.6) is 0 Å². The summed E-state index contributed by atoms with van der Waals surface area (Å²) < 4.78 is 5.16. The first-order valence-corrected chi connectivity index (χ1v) is 6.36. The van der Waals surface area contributed by atoms with Crippen LogP contribution in [-0.2, 0) is 4.74 Å². The van der Waals surface area contributed by atoms with E-state index in [2.05, 4.69) is 31.7 Å². The van der Waals surface area contributed by atoms with Gasteiger partial charge in [-0.15, -0.1) is 0 Å². The Hall–Kier alpha value is -0.590. The highest BCUT2D eigenvalue weighted by Gasteiger charge is 2.22. The second-order valence-corrected chi connectivity index (χ2v) is 4.13. The third kappa shape index (κ3) is 4.96. The summed E-state index contributed by atoms with van der Waals surface area (Å²) in [6.07, 6.45) is 3.94. The zero-order valence-corrected chi connectivity index (χ0v) is 11.2. The number of ether oxygens (including phenoxy) is 1. The van der Waals surface area contributed by atoms with Gasteiger partial charge in [0.05, 0.1) is 19.1 Å². The molecule has 1 unspecified atom stereocenters. The average Bonchev–Trinajstić information content (AvgIpc) is 2.32. The van der Waals surface area contributed by atoms with Crippen LogP contribution in [0, 0.1) is 11.3 Å². The lowest BCUT2D eigenvalue weighted by Crippen LogP contribution is -2.44. The second kappa shape index (κ2) is 9.62. The third-order valence-electron chi connectivity index (χ3n) is 3.23. The van der Waals surface area contributed by atoms with E-state index in [0.717, 1.165) is 32.4 Å². The van der Waals surface area contributed by atoms with E-state index >= 15 is 0 Å². The van der Waals surface area contributed by atoms with Crippen LogP contribution in [0.2, 0.25) is 0 Å². The number of nitrogens with zero attached hydrogens (tertiary/aromatic N) is 2. The fourth-order valence-corrected chi connectivity index (χ4v) is 2.22. The maximum atomic E-state index is 8.86. The van der Waals surface area contributed by atoms with Gasteiger partial charge < -0.3 is 4.74 Å². The van der Waals surface area contributed by atoms with Crippen LogP contribution in [0.4, 0.5) is 0 Å². The number of hydrogen-bond acceptors (Lipinski definition) is 3. The van der Waals surface area contributed by atoms with Gasteiger partial charge in [0.25, 0.3) is 0 Å². The molecule has 0 aliphatic heterocycles. The van der Waals surface area contributed by atoms with Crippen molar-refractivity contribution in [2.75, 3.05) is 20.3 Å². The summed E-state index contributed by atoms with van der Waals surface area (Å²) >= 11 is 0. The minimum atomic E-state index is 0.380. The van der Waals surface area contributed by atoms with E-state index in [1.165, 1.54) is 0 Å². The molecule has 0 heterocycles. The molecule has 0 saturated carbocycles. The number of rotatable bonds is 9. The van der Waals surface area contributed by atoms with Crippen molar-refractivity contribution in [1.82, 2.24) is 4.90 Å². The van der Waals surface area contributed by atoms with Crippen molar-refractivity contribution >= 4 is 0 Å². The summed E-state index contributed by atoms with van der Waals surface area (Å²) in [6, 6.07) is 3.25. The first kappa shape index (κ1) is 15.4. The van der Waals surface area contributed by atoms with Gasteiger partial charge in [-0.1, -0.05) is 20.8 Å². The van der Waals surface area contributed by atoms with Crippen molar-refractivity contribution in [3.63, 3.8) is 0 Å².